The van der Waals surface area contributed by atoms with Crippen molar-refractivity contribution in [1.82, 2.24) is 0 Å². The average molecular weight is 184 g/mol. The molecule has 2 aliphatic carbocycles. The van der Waals surface area contributed by atoms with Gasteiger partial charge in [0.25, 0.3) is 0 Å². The van der Waals surface area contributed by atoms with Crippen molar-refractivity contribution in [3.8, 4) is 0 Å². The Morgan fingerprint density at radius 3 is 1.85 bits per heavy atom. The van der Waals surface area contributed by atoms with E-state index in [0.717, 1.165) is 19.3 Å². The lowest BCUT2D eigenvalue weighted by Gasteiger charge is -2.48. The fourth-order valence-electron chi connectivity index (χ4n) is 2.85. The molecule has 13 heavy (non-hydrogen) atoms. The fourth-order valence-corrected chi connectivity index (χ4v) is 2.85. The molecule has 0 bridgehead atoms. The van der Waals surface area contributed by atoms with Crippen LogP contribution < -0.4 is 0 Å². The van der Waals surface area contributed by atoms with Gasteiger partial charge in [0.15, 0.2) is 0 Å². The first kappa shape index (κ1) is 9.00. The molecule has 0 heterocycles. The van der Waals surface area contributed by atoms with Gasteiger partial charge in [-0.3, -0.25) is 4.79 Å². The normalized spacial score (nSPS) is 29.6. The summed E-state index contributed by atoms with van der Waals surface area (Å²) in [6, 6.07) is 0. The van der Waals surface area contributed by atoms with E-state index >= 15 is 0 Å². The number of hydrogen-bond donors (Lipinski definition) is 2. The molecule has 0 spiro atoms. The van der Waals surface area contributed by atoms with Gasteiger partial charge in [0, 0.05) is 0 Å². The predicted molar refractivity (Wildman–Crippen MR) is 47.3 cm³/mol. The van der Waals surface area contributed by atoms with Gasteiger partial charge in [-0.25, -0.2) is 0 Å². The number of hydrogen-bond acceptors (Lipinski definition) is 2. The van der Waals surface area contributed by atoms with Crippen molar-refractivity contribution >= 4 is 5.97 Å². The van der Waals surface area contributed by atoms with E-state index in [4.69, 9.17) is 5.11 Å². The summed E-state index contributed by atoms with van der Waals surface area (Å²) in [5, 5.41) is 19.4. The molecule has 0 aromatic rings. The van der Waals surface area contributed by atoms with Crippen molar-refractivity contribution in [3.05, 3.63) is 0 Å². The fraction of sp³-hybridized carbons (Fsp3) is 0.900. The molecule has 3 heteroatoms. The summed E-state index contributed by atoms with van der Waals surface area (Å²) in [6.07, 6.45) is 5.60. The first-order valence-electron chi connectivity index (χ1n) is 5.07. The molecule has 0 aromatic heterocycles. The van der Waals surface area contributed by atoms with Crippen LogP contribution in [-0.2, 0) is 4.79 Å². The summed E-state index contributed by atoms with van der Waals surface area (Å²) in [7, 11) is 0. The van der Waals surface area contributed by atoms with Crippen molar-refractivity contribution < 1.29 is 15.0 Å². The van der Waals surface area contributed by atoms with Crippen molar-refractivity contribution in [2.45, 2.75) is 50.5 Å². The Kier molecular flexibility index (Phi) is 1.88. The highest BCUT2D eigenvalue weighted by Gasteiger charge is 2.59. The largest absolute Gasteiger partial charge is 0.481 e. The molecule has 0 aliphatic heterocycles. The molecule has 2 aliphatic rings. The van der Waals surface area contributed by atoms with E-state index < -0.39 is 17.0 Å². The van der Waals surface area contributed by atoms with Crippen LogP contribution in [0.5, 0.6) is 0 Å². The topological polar surface area (TPSA) is 57.5 Å². The van der Waals surface area contributed by atoms with Gasteiger partial charge < -0.3 is 10.2 Å². The molecule has 2 rings (SSSR count). The molecule has 74 valence electrons. The lowest BCUT2D eigenvalue weighted by Crippen LogP contribution is -2.55. The van der Waals surface area contributed by atoms with E-state index in [1.807, 2.05) is 0 Å². The second-order valence-corrected chi connectivity index (χ2v) is 4.48. The lowest BCUT2D eigenvalue weighted by atomic mass is 9.58. The SMILES string of the molecule is O=C(O)C1(C2(O)CCCC2)CCC1. The maximum Gasteiger partial charge on any atom is 0.312 e. The van der Waals surface area contributed by atoms with E-state index in [1.54, 1.807) is 0 Å². The van der Waals surface area contributed by atoms with Crippen molar-refractivity contribution in [1.29, 1.82) is 0 Å². The van der Waals surface area contributed by atoms with Crippen LogP contribution in [0.4, 0.5) is 0 Å². The number of aliphatic hydroxyl groups is 1. The van der Waals surface area contributed by atoms with E-state index in [9.17, 15) is 9.90 Å². The summed E-state index contributed by atoms with van der Waals surface area (Å²) in [4.78, 5) is 11.1. The zero-order valence-corrected chi connectivity index (χ0v) is 7.75. The number of aliphatic carboxylic acids is 1. The van der Waals surface area contributed by atoms with Crippen LogP contribution >= 0.6 is 0 Å². The maximum absolute atomic E-state index is 11.1. The smallest absolute Gasteiger partial charge is 0.312 e. The third-order valence-corrected chi connectivity index (χ3v) is 3.94. The second-order valence-electron chi connectivity index (χ2n) is 4.48. The lowest BCUT2D eigenvalue weighted by molar-refractivity contribution is -0.183. The van der Waals surface area contributed by atoms with Gasteiger partial charge in [-0.05, 0) is 25.7 Å². The molecule has 3 nitrogen and oxygen atoms in total. The van der Waals surface area contributed by atoms with Crippen LogP contribution in [0.15, 0.2) is 0 Å². The molecule has 2 saturated carbocycles. The summed E-state index contributed by atoms with van der Waals surface area (Å²) >= 11 is 0. The van der Waals surface area contributed by atoms with Crippen molar-refractivity contribution in [3.63, 3.8) is 0 Å². The van der Waals surface area contributed by atoms with Crippen LogP contribution in [0.1, 0.15) is 44.9 Å². The first-order valence-corrected chi connectivity index (χ1v) is 5.07. The molecule has 2 N–H and O–H groups in total. The Bertz CT molecular complexity index is 224. The third-order valence-electron chi connectivity index (χ3n) is 3.94. The average Bonchev–Trinajstić information content (AvgIpc) is 2.32. The summed E-state index contributed by atoms with van der Waals surface area (Å²) < 4.78 is 0. The molecular weight excluding hydrogens is 168 g/mol. The minimum Gasteiger partial charge on any atom is -0.481 e. The molecule has 0 unspecified atom stereocenters. The van der Waals surface area contributed by atoms with Crippen LogP contribution in [0.25, 0.3) is 0 Å². The summed E-state index contributed by atoms with van der Waals surface area (Å²) in [5.41, 5.74) is -1.68. The minimum absolute atomic E-state index is 0.666. The molecule has 0 saturated heterocycles. The Balaban J connectivity index is 2.24. The summed E-state index contributed by atoms with van der Waals surface area (Å²) in [5.74, 6) is -0.789. The van der Waals surface area contributed by atoms with Gasteiger partial charge in [-0.15, -0.1) is 0 Å². The highest BCUT2D eigenvalue weighted by atomic mass is 16.4. The Morgan fingerprint density at radius 1 is 1.00 bits per heavy atom. The molecular formula is C10H16O3. The standard InChI is InChI=1S/C10H16O3/c11-8(12)9(4-3-5-9)10(13)6-1-2-7-10/h13H,1-7H2,(H,11,12). The molecule has 0 amide bonds. The second kappa shape index (κ2) is 2.71. The minimum atomic E-state index is -0.892. The van der Waals surface area contributed by atoms with Crippen molar-refractivity contribution in [2.24, 2.45) is 5.41 Å². The van der Waals surface area contributed by atoms with Gasteiger partial charge in [0.1, 0.15) is 0 Å². The zero-order chi connectivity index (χ0) is 9.53. The van der Waals surface area contributed by atoms with Crippen molar-refractivity contribution in [2.75, 3.05) is 0 Å². The molecule has 2 fully saturated rings. The van der Waals surface area contributed by atoms with Crippen LogP contribution in [0.2, 0.25) is 0 Å². The number of carboxylic acid groups (broad SMARTS) is 1. The Hall–Kier alpha value is -0.570. The van der Waals surface area contributed by atoms with Gasteiger partial charge in [0.05, 0.1) is 11.0 Å². The first-order chi connectivity index (χ1) is 6.11. The summed E-state index contributed by atoms with van der Waals surface area (Å²) in [6.45, 7) is 0. The van der Waals surface area contributed by atoms with Gasteiger partial charge in [0.2, 0.25) is 0 Å². The van der Waals surface area contributed by atoms with E-state index in [0.29, 0.717) is 25.7 Å². The van der Waals surface area contributed by atoms with E-state index in [-0.39, 0.29) is 0 Å². The molecule has 0 aromatic carbocycles. The van der Waals surface area contributed by atoms with Crippen LogP contribution in [0.3, 0.4) is 0 Å². The van der Waals surface area contributed by atoms with Crippen LogP contribution in [0, 0.1) is 5.41 Å². The Labute approximate surface area is 77.8 Å². The maximum atomic E-state index is 11.1. The highest BCUT2D eigenvalue weighted by Crippen LogP contribution is 2.55. The number of carbonyl (C=O) groups is 1. The zero-order valence-electron chi connectivity index (χ0n) is 7.75. The van der Waals surface area contributed by atoms with E-state index in [2.05, 4.69) is 0 Å². The number of rotatable bonds is 2. The highest BCUT2D eigenvalue weighted by molar-refractivity contribution is 5.77. The van der Waals surface area contributed by atoms with Crippen LogP contribution in [-0.4, -0.2) is 21.8 Å². The Morgan fingerprint density at radius 2 is 1.54 bits per heavy atom. The van der Waals surface area contributed by atoms with Gasteiger partial charge >= 0.3 is 5.97 Å². The third kappa shape index (κ3) is 1.03. The number of carboxylic acids is 1. The monoisotopic (exact) mass is 184 g/mol. The van der Waals surface area contributed by atoms with E-state index in [1.165, 1.54) is 0 Å². The molecule has 0 radical (unpaired) electrons. The molecule has 0 atom stereocenters. The quantitative estimate of drug-likeness (QED) is 0.684. The van der Waals surface area contributed by atoms with Gasteiger partial charge in [-0.1, -0.05) is 19.3 Å². The van der Waals surface area contributed by atoms with Gasteiger partial charge in [-0.2, -0.15) is 0 Å². The predicted octanol–water partition coefficient (Wildman–Crippen LogP) is 1.55.